The molecule has 0 bridgehead atoms. The molecular formula is C19H33NO2. The molecule has 0 spiro atoms. The van der Waals surface area contributed by atoms with Crippen LogP contribution < -0.4 is 5.32 Å². The zero-order chi connectivity index (χ0) is 15.8. The summed E-state index contributed by atoms with van der Waals surface area (Å²) in [5, 5.41) is 3.33. The highest BCUT2D eigenvalue weighted by molar-refractivity contribution is 5.79. The van der Waals surface area contributed by atoms with Crippen molar-refractivity contribution in [1.29, 1.82) is 0 Å². The van der Waals surface area contributed by atoms with Crippen molar-refractivity contribution >= 4 is 11.7 Å². The molecule has 3 heteroatoms. The van der Waals surface area contributed by atoms with Gasteiger partial charge < -0.3 is 5.32 Å². The van der Waals surface area contributed by atoms with E-state index in [1.165, 1.54) is 32.1 Å². The minimum atomic E-state index is 0.179. The van der Waals surface area contributed by atoms with E-state index in [1.807, 2.05) is 0 Å². The summed E-state index contributed by atoms with van der Waals surface area (Å²) in [5.41, 5.74) is 0. The molecule has 1 amide bonds. The average molecular weight is 307 g/mol. The number of amides is 1. The van der Waals surface area contributed by atoms with Gasteiger partial charge in [0.25, 0.3) is 0 Å². The van der Waals surface area contributed by atoms with E-state index in [2.05, 4.69) is 5.32 Å². The Morgan fingerprint density at radius 1 is 0.682 bits per heavy atom. The third-order valence-corrected chi connectivity index (χ3v) is 5.61. The smallest absolute Gasteiger partial charge is 0.223 e. The van der Waals surface area contributed by atoms with Crippen molar-refractivity contribution in [2.24, 2.45) is 11.8 Å². The van der Waals surface area contributed by atoms with Crippen molar-refractivity contribution in [2.45, 2.75) is 96.4 Å². The summed E-state index contributed by atoms with van der Waals surface area (Å²) in [6.07, 6.45) is 14.8. The fourth-order valence-electron chi connectivity index (χ4n) is 4.10. The second kappa shape index (κ2) is 9.32. The van der Waals surface area contributed by atoms with Crippen molar-refractivity contribution in [3.8, 4) is 0 Å². The van der Waals surface area contributed by atoms with Crippen molar-refractivity contribution in [1.82, 2.24) is 5.32 Å². The maximum Gasteiger partial charge on any atom is 0.223 e. The monoisotopic (exact) mass is 307 g/mol. The fraction of sp³-hybridized carbons (Fsp3) is 0.895. The molecule has 1 N–H and O–H groups in total. The molecule has 0 aromatic rings. The third-order valence-electron chi connectivity index (χ3n) is 5.61. The molecule has 0 aliphatic heterocycles. The van der Waals surface area contributed by atoms with Gasteiger partial charge in [-0.15, -0.1) is 0 Å². The Morgan fingerprint density at radius 2 is 1.18 bits per heavy atom. The van der Waals surface area contributed by atoms with Crippen LogP contribution in [0.15, 0.2) is 0 Å². The Kier molecular flexibility index (Phi) is 7.41. The molecule has 0 aromatic heterocycles. The Balaban J connectivity index is 1.77. The van der Waals surface area contributed by atoms with Crippen LogP contribution in [0, 0.1) is 11.8 Å². The molecule has 126 valence electrons. The van der Waals surface area contributed by atoms with Crippen LogP contribution in [0.2, 0.25) is 0 Å². The molecule has 0 atom stereocenters. The number of hydrogen-bond donors (Lipinski definition) is 1. The first kappa shape index (κ1) is 17.5. The maximum absolute atomic E-state index is 12.6. The van der Waals surface area contributed by atoms with E-state index in [9.17, 15) is 9.59 Å². The zero-order valence-electron chi connectivity index (χ0n) is 14.2. The summed E-state index contributed by atoms with van der Waals surface area (Å²) < 4.78 is 0. The van der Waals surface area contributed by atoms with Crippen LogP contribution in [0.3, 0.4) is 0 Å². The quantitative estimate of drug-likeness (QED) is 0.840. The van der Waals surface area contributed by atoms with Crippen molar-refractivity contribution in [3.05, 3.63) is 0 Å². The number of hydrogen-bond acceptors (Lipinski definition) is 2. The zero-order valence-corrected chi connectivity index (χ0v) is 14.2. The SMILES string of the molecule is CC(=O)C1CCCC(C(=O)NC2CCCCCCC2)CCC1. The van der Waals surface area contributed by atoms with Gasteiger partial charge in [0.15, 0.2) is 0 Å². The minimum Gasteiger partial charge on any atom is -0.353 e. The van der Waals surface area contributed by atoms with Crippen LogP contribution in [0.25, 0.3) is 0 Å². The highest BCUT2D eigenvalue weighted by Gasteiger charge is 2.25. The van der Waals surface area contributed by atoms with Gasteiger partial charge in [-0.05, 0) is 45.4 Å². The lowest BCUT2D eigenvalue weighted by molar-refractivity contribution is -0.126. The minimum absolute atomic E-state index is 0.179. The molecule has 0 saturated heterocycles. The van der Waals surface area contributed by atoms with Crippen LogP contribution in [-0.4, -0.2) is 17.7 Å². The number of ketones is 1. The second-order valence-corrected chi connectivity index (χ2v) is 7.42. The predicted molar refractivity (Wildman–Crippen MR) is 89.6 cm³/mol. The lowest BCUT2D eigenvalue weighted by Gasteiger charge is -2.26. The molecule has 0 unspecified atom stereocenters. The van der Waals surface area contributed by atoms with E-state index in [0.29, 0.717) is 11.8 Å². The maximum atomic E-state index is 12.6. The molecular weight excluding hydrogens is 274 g/mol. The van der Waals surface area contributed by atoms with Gasteiger partial charge in [0.05, 0.1) is 0 Å². The largest absolute Gasteiger partial charge is 0.353 e. The molecule has 2 saturated carbocycles. The molecule has 2 aliphatic carbocycles. The summed E-state index contributed by atoms with van der Waals surface area (Å²) >= 11 is 0. The Labute approximate surface area is 135 Å². The first-order valence-corrected chi connectivity index (χ1v) is 9.47. The highest BCUT2D eigenvalue weighted by atomic mass is 16.2. The van der Waals surface area contributed by atoms with E-state index in [1.54, 1.807) is 6.92 Å². The van der Waals surface area contributed by atoms with Gasteiger partial charge in [0.2, 0.25) is 5.91 Å². The van der Waals surface area contributed by atoms with Gasteiger partial charge >= 0.3 is 0 Å². The first-order valence-electron chi connectivity index (χ1n) is 9.47. The lowest BCUT2D eigenvalue weighted by atomic mass is 9.83. The highest BCUT2D eigenvalue weighted by Crippen LogP contribution is 2.27. The standard InChI is InChI=1S/C19H33NO2/c1-15(21)16-9-7-11-17(12-8-10-16)19(22)20-18-13-5-3-2-4-6-14-18/h16-18H,2-14H2,1H3,(H,20,22). The van der Waals surface area contributed by atoms with E-state index in [0.717, 1.165) is 51.4 Å². The number of carbonyl (C=O) groups excluding carboxylic acids is 2. The van der Waals surface area contributed by atoms with Crippen molar-refractivity contribution in [3.63, 3.8) is 0 Å². The number of carbonyl (C=O) groups is 2. The van der Waals surface area contributed by atoms with Gasteiger partial charge in [-0.3, -0.25) is 9.59 Å². The number of Topliss-reactive ketones (excluding diaryl/α,β-unsaturated/α-hetero) is 1. The molecule has 0 aromatic carbocycles. The van der Waals surface area contributed by atoms with Crippen molar-refractivity contribution in [2.75, 3.05) is 0 Å². The van der Waals surface area contributed by atoms with Gasteiger partial charge in [-0.25, -0.2) is 0 Å². The molecule has 22 heavy (non-hydrogen) atoms. The van der Waals surface area contributed by atoms with E-state index >= 15 is 0 Å². The fourth-order valence-corrected chi connectivity index (χ4v) is 4.10. The van der Waals surface area contributed by atoms with Crippen LogP contribution in [-0.2, 0) is 9.59 Å². The summed E-state index contributed by atoms with van der Waals surface area (Å²) in [6, 6.07) is 0.406. The van der Waals surface area contributed by atoms with E-state index in [-0.39, 0.29) is 17.7 Å². The number of nitrogens with one attached hydrogen (secondary N) is 1. The Morgan fingerprint density at radius 3 is 1.73 bits per heavy atom. The summed E-state index contributed by atoms with van der Waals surface area (Å²) in [6.45, 7) is 1.71. The molecule has 2 fully saturated rings. The van der Waals surface area contributed by atoms with Gasteiger partial charge in [-0.2, -0.15) is 0 Å². The summed E-state index contributed by atoms with van der Waals surface area (Å²) in [5.74, 6) is 1.04. The topological polar surface area (TPSA) is 46.2 Å². The summed E-state index contributed by atoms with van der Waals surface area (Å²) in [4.78, 5) is 24.1. The number of rotatable bonds is 3. The first-order chi connectivity index (χ1) is 10.7. The van der Waals surface area contributed by atoms with Crippen LogP contribution in [0.5, 0.6) is 0 Å². The van der Waals surface area contributed by atoms with Gasteiger partial charge in [0, 0.05) is 17.9 Å². The van der Waals surface area contributed by atoms with Crippen LogP contribution in [0.1, 0.15) is 90.4 Å². The van der Waals surface area contributed by atoms with E-state index < -0.39 is 0 Å². The second-order valence-electron chi connectivity index (χ2n) is 7.42. The van der Waals surface area contributed by atoms with E-state index in [4.69, 9.17) is 0 Å². The van der Waals surface area contributed by atoms with Crippen LogP contribution >= 0.6 is 0 Å². The van der Waals surface area contributed by atoms with Crippen molar-refractivity contribution < 1.29 is 9.59 Å². The molecule has 3 nitrogen and oxygen atoms in total. The molecule has 2 aliphatic rings. The molecule has 0 heterocycles. The molecule has 0 radical (unpaired) electrons. The van der Waals surface area contributed by atoms with Crippen LogP contribution in [0.4, 0.5) is 0 Å². The lowest BCUT2D eigenvalue weighted by Crippen LogP contribution is -2.39. The Bertz CT molecular complexity index is 348. The van der Waals surface area contributed by atoms with Gasteiger partial charge in [-0.1, -0.05) is 44.9 Å². The summed E-state index contributed by atoms with van der Waals surface area (Å²) in [7, 11) is 0. The normalized spacial score (nSPS) is 28.8. The third kappa shape index (κ3) is 5.73. The molecule has 2 rings (SSSR count). The average Bonchev–Trinajstić information content (AvgIpc) is 2.40. The Hall–Kier alpha value is -0.860. The van der Waals surface area contributed by atoms with Gasteiger partial charge in [0.1, 0.15) is 5.78 Å². The predicted octanol–water partition coefficient (Wildman–Crippen LogP) is 4.39.